The van der Waals surface area contributed by atoms with E-state index in [2.05, 4.69) is 27.7 Å². The molecule has 5 saturated carbocycles. The quantitative estimate of drug-likeness (QED) is 0.468. The van der Waals surface area contributed by atoms with Crippen LogP contribution in [0.25, 0.3) is 0 Å². The molecule has 2 bridgehead atoms. The van der Waals surface area contributed by atoms with Crippen molar-refractivity contribution < 1.29 is 19.7 Å². The van der Waals surface area contributed by atoms with Crippen molar-refractivity contribution in [2.24, 2.45) is 50.7 Å². The standard InChI is InChI=1S/C30H48O4/c1-24(2)19-11-15-29(23(32)34-24)22-9-8-21-26(4)13-7-12-25(3,18-31)20(26)10-14-27(21,5)28(22,6)16-17-30(19,29)33/h19-22,31,33H,7-18H2,1-6H3. The molecule has 10 unspecified atom stereocenters. The molecular weight excluding hydrogens is 424 g/mol. The molecule has 1 saturated heterocycles. The minimum Gasteiger partial charge on any atom is -0.459 e. The summed E-state index contributed by atoms with van der Waals surface area (Å²) in [7, 11) is 0. The highest BCUT2D eigenvalue weighted by Crippen LogP contribution is 2.79. The third-order valence-corrected chi connectivity index (χ3v) is 14.2. The fourth-order valence-corrected chi connectivity index (χ4v) is 12.5. The van der Waals surface area contributed by atoms with Crippen LogP contribution in [0.5, 0.6) is 0 Å². The van der Waals surface area contributed by atoms with E-state index in [-0.39, 0.29) is 39.5 Å². The fraction of sp³-hybridized carbons (Fsp3) is 0.967. The van der Waals surface area contributed by atoms with Crippen LogP contribution in [-0.2, 0) is 9.53 Å². The predicted molar refractivity (Wildman–Crippen MR) is 132 cm³/mol. The molecule has 0 amide bonds. The highest BCUT2D eigenvalue weighted by Gasteiger charge is 2.80. The number of aliphatic hydroxyl groups excluding tert-OH is 1. The van der Waals surface area contributed by atoms with E-state index < -0.39 is 16.6 Å². The molecule has 0 aromatic heterocycles. The van der Waals surface area contributed by atoms with Gasteiger partial charge in [-0.25, -0.2) is 0 Å². The molecular formula is C30H48O4. The number of rotatable bonds is 1. The average Bonchev–Trinajstić information content (AvgIpc) is 3.03. The van der Waals surface area contributed by atoms with Gasteiger partial charge in [-0.15, -0.1) is 0 Å². The van der Waals surface area contributed by atoms with Crippen molar-refractivity contribution in [1.82, 2.24) is 0 Å². The lowest BCUT2D eigenvalue weighted by atomic mass is 9.31. The Balaban J connectivity index is 1.44. The topological polar surface area (TPSA) is 66.8 Å². The molecule has 2 N–H and O–H groups in total. The molecule has 0 aromatic carbocycles. The number of hydrogen-bond donors (Lipinski definition) is 2. The molecule has 6 rings (SSSR count). The van der Waals surface area contributed by atoms with E-state index in [9.17, 15) is 15.0 Å². The van der Waals surface area contributed by atoms with E-state index in [1.54, 1.807) is 0 Å². The zero-order valence-electron chi connectivity index (χ0n) is 22.5. The minimum absolute atomic E-state index is 0.0264. The molecule has 0 radical (unpaired) electrons. The summed E-state index contributed by atoms with van der Waals surface area (Å²) in [5.74, 6) is 1.33. The van der Waals surface area contributed by atoms with Gasteiger partial charge >= 0.3 is 5.97 Å². The van der Waals surface area contributed by atoms with Crippen LogP contribution in [0.15, 0.2) is 0 Å². The normalized spacial score (nSPS) is 59.8. The molecule has 5 aliphatic carbocycles. The second-order valence-corrected chi connectivity index (χ2v) is 15.3. The summed E-state index contributed by atoms with van der Waals surface area (Å²) in [6.45, 7) is 14.3. The first-order valence-electron chi connectivity index (χ1n) is 14.3. The van der Waals surface area contributed by atoms with Crippen LogP contribution in [0.4, 0.5) is 0 Å². The van der Waals surface area contributed by atoms with Crippen molar-refractivity contribution in [2.45, 2.75) is 123 Å². The van der Waals surface area contributed by atoms with E-state index in [4.69, 9.17) is 4.74 Å². The van der Waals surface area contributed by atoms with Crippen molar-refractivity contribution in [3.05, 3.63) is 0 Å². The molecule has 6 fully saturated rings. The molecule has 4 heteroatoms. The Bertz CT molecular complexity index is 913. The van der Waals surface area contributed by atoms with Gasteiger partial charge in [0, 0.05) is 12.5 Å². The summed E-state index contributed by atoms with van der Waals surface area (Å²) < 4.78 is 6.17. The van der Waals surface area contributed by atoms with Crippen LogP contribution >= 0.6 is 0 Å². The van der Waals surface area contributed by atoms with Gasteiger partial charge in [-0.05, 0) is 117 Å². The summed E-state index contributed by atoms with van der Waals surface area (Å²) in [5, 5.41) is 22.8. The number of esters is 1. The van der Waals surface area contributed by atoms with E-state index in [0.717, 1.165) is 44.9 Å². The first-order valence-corrected chi connectivity index (χ1v) is 14.3. The molecule has 0 aromatic rings. The van der Waals surface area contributed by atoms with Crippen LogP contribution in [0.3, 0.4) is 0 Å². The first kappa shape index (κ1) is 23.8. The van der Waals surface area contributed by atoms with Crippen LogP contribution in [0.1, 0.15) is 112 Å². The summed E-state index contributed by atoms with van der Waals surface area (Å²) in [6, 6.07) is 0. The number of aliphatic hydroxyl groups is 2. The third kappa shape index (κ3) is 2.34. The van der Waals surface area contributed by atoms with Gasteiger partial charge in [0.25, 0.3) is 0 Å². The fourth-order valence-electron chi connectivity index (χ4n) is 12.5. The number of carbonyl (C=O) groups excluding carboxylic acids is 1. The lowest BCUT2D eigenvalue weighted by Gasteiger charge is -2.74. The van der Waals surface area contributed by atoms with E-state index in [0.29, 0.717) is 18.4 Å². The Kier molecular flexibility index (Phi) is 4.63. The van der Waals surface area contributed by atoms with Crippen LogP contribution in [-0.4, -0.2) is 34.0 Å². The van der Waals surface area contributed by atoms with Crippen molar-refractivity contribution in [2.75, 3.05) is 6.61 Å². The maximum absolute atomic E-state index is 13.9. The summed E-state index contributed by atoms with van der Waals surface area (Å²) in [4.78, 5) is 13.9. The van der Waals surface area contributed by atoms with Gasteiger partial charge in [-0.3, -0.25) is 4.79 Å². The number of ether oxygens (including phenoxy) is 1. The SMILES string of the molecule is CC1(CO)CCCC2(C)C1CCC1(C)C2CCC2C1(C)CCC1(O)C3CCC21C(=O)OC3(C)C. The monoisotopic (exact) mass is 472 g/mol. The Morgan fingerprint density at radius 2 is 1.41 bits per heavy atom. The van der Waals surface area contributed by atoms with E-state index >= 15 is 0 Å². The molecule has 1 heterocycles. The maximum atomic E-state index is 13.9. The molecule has 4 nitrogen and oxygen atoms in total. The lowest BCUT2D eigenvalue weighted by molar-refractivity contribution is -0.300. The summed E-state index contributed by atoms with van der Waals surface area (Å²) in [6.07, 6.45) is 11.6. The van der Waals surface area contributed by atoms with Gasteiger partial charge in [-0.2, -0.15) is 0 Å². The molecule has 192 valence electrons. The van der Waals surface area contributed by atoms with Gasteiger partial charge in [0.15, 0.2) is 0 Å². The van der Waals surface area contributed by atoms with Crippen molar-refractivity contribution >= 4 is 5.97 Å². The minimum atomic E-state index is -0.916. The zero-order chi connectivity index (χ0) is 24.6. The zero-order valence-corrected chi connectivity index (χ0v) is 22.5. The largest absolute Gasteiger partial charge is 0.459 e. The van der Waals surface area contributed by atoms with E-state index in [1.807, 2.05) is 13.8 Å². The van der Waals surface area contributed by atoms with Gasteiger partial charge in [0.05, 0.1) is 5.60 Å². The van der Waals surface area contributed by atoms with Crippen molar-refractivity contribution in [3.63, 3.8) is 0 Å². The highest BCUT2D eigenvalue weighted by atomic mass is 16.6. The second-order valence-electron chi connectivity index (χ2n) is 15.3. The Labute approximate surface area is 206 Å². The van der Waals surface area contributed by atoms with Gasteiger partial charge in [-0.1, -0.05) is 34.1 Å². The molecule has 6 aliphatic rings. The van der Waals surface area contributed by atoms with Crippen molar-refractivity contribution in [3.8, 4) is 0 Å². The first-order chi connectivity index (χ1) is 15.8. The average molecular weight is 473 g/mol. The Morgan fingerprint density at radius 3 is 2.12 bits per heavy atom. The lowest BCUT2D eigenvalue weighted by Crippen LogP contribution is -2.74. The third-order valence-electron chi connectivity index (χ3n) is 14.2. The highest BCUT2D eigenvalue weighted by molar-refractivity contribution is 5.82. The maximum Gasteiger partial charge on any atom is 0.315 e. The van der Waals surface area contributed by atoms with Crippen LogP contribution in [0, 0.1) is 50.7 Å². The summed E-state index contributed by atoms with van der Waals surface area (Å²) >= 11 is 0. The smallest absolute Gasteiger partial charge is 0.315 e. The predicted octanol–water partition coefficient (Wildman–Crippen LogP) is 5.88. The van der Waals surface area contributed by atoms with Crippen LogP contribution in [0.2, 0.25) is 0 Å². The molecule has 34 heavy (non-hydrogen) atoms. The molecule has 10 atom stereocenters. The molecule has 0 spiro atoms. The number of fused-ring (bicyclic) bond motifs is 5. The van der Waals surface area contributed by atoms with Crippen molar-refractivity contribution in [1.29, 1.82) is 0 Å². The number of hydrogen-bond acceptors (Lipinski definition) is 4. The number of cyclic esters (lactones) is 1. The Hall–Kier alpha value is -0.610. The number of carbonyl (C=O) groups is 1. The van der Waals surface area contributed by atoms with Crippen LogP contribution < -0.4 is 0 Å². The van der Waals surface area contributed by atoms with Gasteiger partial charge < -0.3 is 14.9 Å². The van der Waals surface area contributed by atoms with E-state index in [1.165, 1.54) is 25.7 Å². The second kappa shape index (κ2) is 6.63. The Morgan fingerprint density at radius 1 is 0.765 bits per heavy atom. The van der Waals surface area contributed by atoms with Gasteiger partial charge in [0.2, 0.25) is 0 Å². The van der Waals surface area contributed by atoms with Gasteiger partial charge in [0.1, 0.15) is 11.0 Å². The summed E-state index contributed by atoms with van der Waals surface area (Å²) in [5.41, 5.74) is -1.76. The molecule has 1 aliphatic heterocycles.